The number of benzene rings is 2. The third kappa shape index (κ3) is 4.17. The number of carbonyl (C=O) groups is 2. The van der Waals surface area contributed by atoms with E-state index in [2.05, 4.69) is 27.6 Å². The minimum absolute atomic E-state index is 0.225. The number of nitrogens with one attached hydrogen (secondary N) is 1. The number of urea groups is 1. The van der Waals surface area contributed by atoms with Gasteiger partial charge in [-0.15, -0.1) is 10.2 Å². The molecular weight excluding hydrogens is 386 g/mol. The number of imide groups is 1. The van der Waals surface area contributed by atoms with E-state index in [1.807, 2.05) is 53.1 Å². The summed E-state index contributed by atoms with van der Waals surface area (Å²) in [5, 5.41) is 11.6. The molecule has 0 spiro atoms. The summed E-state index contributed by atoms with van der Waals surface area (Å²) in [7, 11) is 0. The Morgan fingerprint density at radius 2 is 1.79 bits per heavy atom. The van der Waals surface area contributed by atoms with Crippen LogP contribution >= 0.6 is 11.8 Å². The molecule has 1 unspecified atom stereocenters. The number of aromatic nitrogens is 3. The molecule has 0 radical (unpaired) electrons. The van der Waals surface area contributed by atoms with E-state index in [0.717, 1.165) is 17.1 Å². The van der Waals surface area contributed by atoms with Gasteiger partial charge in [0.1, 0.15) is 5.82 Å². The molecule has 2 aromatic carbocycles. The highest BCUT2D eigenvalue weighted by Gasteiger charge is 2.31. The Labute approximate surface area is 173 Å². The molecule has 7 nitrogen and oxygen atoms in total. The van der Waals surface area contributed by atoms with E-state index in [1.165, 1.54) is 16.7 Å². The summed E-state index contributed by atoms with van der Waals surface area (Å²) in [6.45, 7) is 2.68. The van der Waals surface area contributed by atoms with Crippen molar-refractivity contribution < 1.29 is 9.59 Å². The third-order valence-electron chi connectivity index (χ3n) is 4.67. The quantitative estimate of drug-likeness (QED) is 0.636. The molecule has 148 valence electrons. The van der Waals surface area contributed by atoms with Crippen molar-refractivity contribution >= 4 is 23.7 Å². The summed E-state index contributed by atoms with van der Waals surface area (Å²) in [6, 6.07) is 19.6. The SMILES string of the molecule is CC(Sc1nnc(Cc2ccccc2)n1-c1ccccc1)C(=O)N1CCNC1=O. The first-order valence-corrected chi connectivity index (χ1v) is 10.3. The number of amides is 3. The van der Waals surface area contributed by atoms with Gasteiger partial charge in [-0.1, -0.05) is 60.3 Å². The summed E-state index contributed by atoms with van der Waals surface area (Å²) in [5.74, 6) is 0.570. The Bertz CT molecular complexity index is 1010. The predicted octanol–water partition coefficient (Wildman–Crippen LogP) is 2.89. The molecule has 1 N–H and O–H groups in total. The number of rotatable bonds is 6. The molecule has 1 atom stereocenters. The molecule has 29 heavy (non-hydrogen) atoms. The topological polar surface area (TPSA) is 80.1 Å². The van der Waals surface area contributed by atoms with Crippen LogP contribution in [0.1, 0.15) is 18.3 Å². The van der Waals surface area contributed by atoms with Crippen molar-refractivity contribution in [3.8, 4) is 5.69 Å². The minimum atomic E-state index is -0.463. The molecular formula is C21H21N5O2S. The molecule has 1 aliphatic rings. The van der Waals surface area contributed by atoms with Crippen LogP contribution in [0.4, 0.5) is 4.79 Å². The zero-order chi connectivity index (χ0) is 20.2. The van der Waals surface area contributed by atoms with E-state index in [1.54, 1.807) is 6.92 Å². The van der Waals surface area contributed by atoms with Crippen molar-refractivity contribution in [3.05, 3.63) is 72.1 Å². The lowest BCUT2D eigenvalue weighted by molar-refractivity contribution is -0.126. The Balaban J connectivity index is 1.62. The maximum absolute atomic E-state index is 12.7. The first-order chi connectivity index (χ1) is 14.1. The predicted molar refractivity (Wildman–Crippen MR) is 111 cm³/mol. The lowest BCUT2D eigenvalue weighted by atomic mass is 10.1. The van der Waals surface area contributed by atoms with Gasteiger partial charge in [0.05, 0.1) is 5.25 Å². The zero-order valence-corrected chi connectivity index (χ0v) is 16.8. The molecule has 3 aromatic rings. The van der Waals surface area contributed by atoms with E-state index in [-0.39, 0.29) is 11.9 Å². The summed E-state index contributed by atoms with van der Waals surface area (Å²) < 4.78 is 1.98. The van der Waals surface area contributed by atoms with Gasteiger partial charge >= 0.3 is 6.03 Å². The lowest BCUT2D eigenvalue weighted by Gasteiger charge is -2.17. The van der Waals surface area contributed by atoms with Gasteiger partial charge in [-0.05, 0) is 24.6 Å². The highest BCUT2D eigenvalue weighted by Crippen LogP contribution is 2.28. The number of para-hydroxylation sites is 1. The molecule has 2 heterocycles. The number of hydrogen-bond donors (Lipinski definition) is 1. The van der Waals surface area contributed by atoms with Crippen molar-refractivity contribution in [2.45, 2.75) is 23.8 Å². The number of hydrogen-bond acceptors (Lipinski definition) is 5. The van der Waals surface area contributed by atoms with Gasteiger partial charge in [0, 0.05) is 25.2 Å². The second-order valence-electron chi connectivity index (χ2n) is 6.71. The van der Waals surface area contributed by atoms with Crippen LogP contribution in [0.15, 0.2) is 65.8 Å². The van der Waals surface area contributed by atoms with E-state index >= 15 is 0 Å². The molecule has 1 aliphatic heterocycles. The molecule has 4 rings (SSSR count). The molecule has 1 fully saturated rings. The van der Waals surface area contributed by atoms with Crippen molar-refractivity contribution in [1.29, 1.82) is 0 Å². The Kier molecular flexibility index (Phi) is 5.62. The van der Waals surface area contributed by atoms with Crippen LogP contribution in [-0.2, 0) is 11.2 Å². The summed E-state index contributed by atoms with van der Waals surface area (Å²) in [5.41, 5.74) is 2.07. The smallest absolute Gasteiger partial charge is 0.324 e. The van der Waals surface area contributed by atoms with Crippen molar-refractivity contribution in [2.24, 2.45) is 0 Å². The maximum atomic E-state index is 12.7. The normalized spacial score (nSPS) is 14.7. The van der Waals surface area contributed by atoms with Crippen molar-refractivity contribution in [1.82, 2.24) is 25.0 Å². The first-order valence-electron chi connectivity index (χ1n) is 9.43. The summed E-state index contributed by atoms with van der Waals surface area (Å²) in [6.07, 6.45) is 0.625. The van der Waals surface area contributed by atoms with Crippen LogP contribution in [-0.4, -0.2) is 49.9 Å². The van der Waals surface area contributed by atoms with Gasteiger partial charge < -0.3 is 5.32 Å². The van der Waals surface area contributed by atoms with Crippen LogP contribution in [0.25, 0.3) is 5.69 Å². The fraction of sp³-hybridized carbons (Fsp3) is 0.238. The fourth-order valence-corrected chi connectivity index (χ4v) is 4.16. The second kappa shape index (κ2) is 8.48. The Morgan fingerprint density at radius 3 is 2.45 bits per heavy atom. The zero-order valence-electron chi connectivity index (χ0n) is 16.0. The Hall–Kier alpha value is -3.13. The van der Waals surface area contributed by atoms with Crippen LogP contribution < -0.4 is 5.32 Å². The molecule has 0 saturated carbocycles. The van der Waals surface area contributed by atoms with Crippen LogP contribution in [0, 0.1) is 0 Å². The molecule has 1 aromatic heterocycles. The third-order valence-corrected chi connectivity index (χ3v) is 5.70. The van der Waals surface area contributed by atoms with Gasteiger partial charge in [-0.3, -0.25) is 14.3 Å². The first kappa shape index (κ1) is 19.2. The van der Waals surface area contributed by atoms with E-state index in [4.69, 9.17) is 0 Å². The van der Waals surface area contributed by atoms with Gasteiger partial charge in [0.25, 0.3) is 0 Å². The van der Waals surface area contributed by atoms with E-state index in [9.17, 15) is 9.59 Å². The van der Waals surface area contributed by atoms with Gasteiger partial charge in [0.2, 0.25) is 5.91 Å². The van der Waals surface area contributed by atoms with Gasteiger partial charge in [-0.25, -0.2) is 4.79 Å². The molecule has 1 saturated heterocycles. The number of nitrogens with zero attached hydrogens (tertiary/aromatic N) is 4. The highest BCUT2D eigenvalue weighted by molar-refractivity contribution is 8.00. The minimum Gasteiger partial charge on any atom is -0.336 e. The van der Waals surface area contributed by atoms with Gasteiger partial charge in [-0.2, -0.15) is 0 Å². The lowest BCUT2D eigenvalue weighted by Crippen LogP contribution is -2.39. The van der Waals surface area contributed by atoms with Crippen LogP contribution in [0.3, 0.4) is 0 Å². The maximum Gasteiger partial charge on any atom is 0.324 e. The molecule has 3 amide bonds. The highest BCUT2D eigenvalue weighted by atomic mass is 32.2. The second-order valence-corrected chi connectivity index (χ2v) is 8.02. The Morgan fingerprint density at radius 1 is 1.10 bits per heavy atom. The average molecular weight is 407 g/mol. The molecule has 0 aliphatic carbocycles. The van der Waals surface area contributed by atoms with Crippen LogP contribution in [0.5, 0.6) is 0 Å². The summed E-state index contributed by atoms with van der Waals surface area (Å²) >= 11 is 1.31. The molecule has 0 bridgehead atoms. The van der Waals surface area contributed by atoms with Crippen LogP contribution in [0.2, 0.25) is 0 Å². The average Bonchev–Trinajstić information content (AvgIpc) is 3.35. The molecule has 8 heteroatoms. The van der Waals surface area contributed by atoms with E-state index < -0.39 is 5.25 Å². The fourth-order valence-electron chi connectivity index (χ4n) is 3.22. The largest absolute Gasteiger partial charge is 0.336 e. The van der Waals surface area contributed by atoms with Crippen molar-refractivity contribution in [3.63, 3.8) is 0 Å². The standard InChI is InChI=1S/C21H21N5O2S/c1-15(19(27)25-13-12-22-20(25)28)29-21-24-23-18(14-16-8-4-2-5-9-16)26(21)17-10-6-3-7-11-17/h2-11,15H,12-14H2,1H3,(H,22,28). The number of carbonyl (C=O) groups excluding carboxylic acids is 2. The summed E-state index contributed by atoms with van der Waals surface area (Å²) in [4.78, 5) is 25.8. The van der Waals surface area contributed by atoms with Crippen molar-refractivity contribution in [2.75, 3.05) is 13.1 Å². The van der Waals surface area contributed by atoms with Gasteiger partial charge in [0.15, 0.2) is 5.16 Å². The monoisotopic (exact) mass is 407 g/mol. The van der Waals surface area contributed by atoms with E-state index in [0.29, 0.717) is 24.7 Å². The number of thioether (sulfide) groups is 1.